The summed E-state index contributed by atoms with van der Waals surface area (Å²) in [6.45, 7) is 23.3. The molecule has 1 saturated heterocycles. The second-order valence-electron chi connectivity index (χ2n) is 12.9. The first-order valence-corrected chi connectivity index (χ1v) is 21.5. The summed E-state index contributed by atoms with van der Waals surface area (Å²) in [6, 6.07) is 12.0. The third kappa shape index (κ3) is 7.21. The summed E-state index contributed by atoms with van der Waals surface area (Å²) in [6.07, 6.45) is 1.59. The topological polar surface area (TPSA) is 73.3 Å². The van der Waals surface area contributed by atoms with E-state index in [2.05, 4.69) is 97.0 Å². The summed E-state index contributed by atoms with van der Waals surface area (Å²) in [5.74, 6) is 0. The predicted molar refractivity (Wildman–Crippen MR) is 163 cm³/mol. The van der Waals surface area contributed by atoms with Crippen molar-refractivity contribution in [2.24, 2.45) is 0 Å². The van der Waals surface area contributed by atoms with Crippen LogP contribution in [0.2, 0.25) is 41.1 Å². The Morgan fingerprint density at radius 1 is 0.946 bits per heavy atom. The van der Waals surface area contributed by atoms with Gasteiger partial charge in [0.25, 0.3) is 0 Å². The normalized spacial score (nSPS) is 23.4. The molecule has 4 atom stereocenters. The Bertz CT molecular complexity index is 1170. The molecule has 1 aromatic heterocycles. The first kappa shape index (κ1) is 30.7. The van der Waals surface area contributed by atoms with Crippen LogP contribution in [0.25, 0.3) is 0 Å². The van der Waals surface area contributed by atoms with Crippen molar-refractivity contribution in [3.05, 3.63) is 63.4 Å². The molecule has 0 amide bonds. The zero-order valence-corrected chi connectivity index (χ0v) is 28.5. The average Bonchev–Trinajstić information content (AvgIpc) is 3.08. The molecule has 0 radical (unpaired) electrons. The number of benzene rings is 1. The molecule has 1 N–H and O–H groups in total. The number of rotatable bonds is 8. The molecule has 1 aliphatic heterocycles. The van der Waals surface area contributed by atoms with Gasteiger partial charge in [0.1, 0.15) is 0 Å². The number of thioether (sulfide) groups is 1. The van der Waals surface area contributed by atoms with Crippen molar-refractivity contribution < 1.29 is 8.85 Å². The van der Waals surface area contributed by atoms with Crippen LogP contribution in [-0.4, -0.2) is 59.1 Å². The van der Waals surface area contributed by atoms with Gasteiger partial charge in [-0.15, -0.1) is 0 Å². The Hall–Kier alpha value is -0.877. The summed E-state index contributed by atoms with van der Waals surface area (Å²) >= 11 is 1.82. The summed E-state index contributed by atoms with van der Waals surface area (Å²) in [7, 11) is -4.11. The molecule has 1 aromatic carbocycles. The van der Waals surface area contributed by atoms with E-state index in [1.807, 2.05) is 6.07 Å². The van der Waals surface area contributed by atoms with E-state index in [1.54, 1.807) is 22.5 Å². The van der Waals surface area contributed by atoms with E-state index in [-0.39, 0.29) is 57.8 Å². The molecule has 37 heavy (non-hydrogen) atoms. The fraction of sp³-hybridized carbons (Fsp3) is 0.630. The second-order valence-corrected chi connectivity index (χ2v) is 26.4. The van der Waals surface area contributed by atoms with Crippen LogP contribution in [0.15, 0.2) is 52.2 Å². The molecule has 6 nitrogen and oxygen atoms in total. The van der Waals surface area contributed by atoms with Gasteiger partial charge in [-0.3, -0.25) is 0 Å². The quantitative estimate of drug-likeness (QED) is 0.398. The summed E-state index contributed by atoms with van der Waals surface area (Å²) < 4.78 is 16.9. The Labute approximate surface area is 234 Å². The molecule has 1 fully saturated rings. The van der Waals surface area contributed by atoms with Crippen molar-refractivity contribution >= 4 is 47.8 Å². The number of aromatic amines is 1. The maximum absolute atomic E-state index is 13.0. The molecule has 2 heterocycles. The number of hydrogen-bond acceptors (Lipinski definition) is 5. The van der Waals surface area contributed by atoms with Crippen molar-refractivity contribution in [2.75, 3.05) is 6.61 Å². The second kappa shape index (κ2) is 11.3. The molecule has 3 rings (SSSR count). The van der Waals surface area contributed by atoms with Crippen LogP contribution >= 0.6 is 11.8 Å². The molecule has 0 aliphatic carbocycles. The van der Waals surface area contributed by atoms with Gasteiger partial charge in [-0.1, -0.05) is 0 Å². The van der Waals surface area contributed by atoms with Gasteiger partial charge < -0.3 is 0 Å². The SMILES string of the molecule is CC(C)(C)[Si](C)(C)OC[C@H]1S[C@@H](n2ccc(=O)[nH]c2=O)[C@H]([Se]c2ccccc2)[C@@H]1O[Si](C)(C)C(C)(C)C. The van der Waals surface area contributed by atoms with Gasteiger partial charge in [0.15, 0.2) is 0 Å². The number of nitrogens with zero attached hydrogens (tertiary/aromatic N) is 1. The number of H-pyrrole nitrogens is 1. The predicted octanol–water partition coefficient (Wildman–Crippen LogP) is 5.38. The molecular formula is C27H44N2O4SSeSi2. The Morgan fingerprint density at radius 3 is 2.08 bits per heavy atom. The Morgan fingerprint density at radius 2 is 1.54 bits per heavy atom. The minimum absolute atomic E-state index is 0.0489. The van der Waals surface area contributed by atoms with Gasteiger partial charge in [0, 0.05) is 0 Å². The summed E-state index contributed by atoms with van der Waals surface area (Å²) in [5, 5.41) is 0.101. The van der Waals surface area contributed by atoms with Gasteiger partial charge in [0.05, 0.1) is 0 Å². The fourth-order valence-electron chi connectivity index (χ4n) is 3.64. The number of hydrogen-bond donors (Lipinski definition) is 1. The van der Waals surface area contributed by atoms with E-state index in [0.29, 0.717) is 6.61 Å². The molecule has 0 bridgehead atoms. The van der Waals surface area contributed by atoms with Crippen molar-refractivity contribution in [3.63, 3.8) is 0 Å². The first-order chi connectivity index (χ1) is 16.9. The van der Waals surface area contributed by atoms with Crippen LogP contribution in [0.5, 0.6) is 0 Å². The van der Waals surface area contributed by atoms with E-state index in [0.717, 1.165) is 0 Å². The number of aromatic nitrogens is 2. The standard InChI is InChI=1S/C27H44N2O4SSeSi2/c1-26(2,3)36(7,8)32-18-20-22(33-37(9,10)27(4,5)6)23(35-19-14-12-11-13-15-19)24(34-20)29-17-16-21(30)28-25(29)31/h11-17,20,22-24H,18H2,1-10H3,(H,28,30,31)/t20-,22-,23-,24-/m1/s1. The molecule has 0 saturated carbocycles. The van der Waals surface area contributed by atoms with E-state index < -0.39 is 16.6 Å². The Balaban J connectivity index is 2.07. The summed E-state index contributed by atoms with van der Waals surface area (Å²) in [5.41, 5.74) is -0.739. The van der Waals surface area contributed by atoms with Crippen molar-refractivity contribution in [1.29, 1.82) is 0 Å². The molecule has 10 heteroatoms. The van der Waals surface area contributed by atoms with Crippen LogP contribution in [-0.2, 0) is 8.85 Å². The Kier molecular flexibility index (Phi) is 9.38. The fourth-order valence-corrected chi connectivity index (χ4v) is 11.5. The third-order valence-corrected chi connectivity index (χ3v) is 21.8. The van der Waals surface area contributed by atoms with Gasteiger partial charge in [-0.25, -0.2) is 0 Å². The van der Waals surface area contributed by atoms with E-state index in [1.165, 1.54) is 10.5 Å². The van der Waals surface area contributed by atoms with E-state index in [4.69, 9.17) is 8.85 Å². The third-order valence-electron chi connectivity index (χ3n) is 8.08. The zero-order chi connectivity index (χ0) is 27.8. The van der Waals surface area contributed by atoms with Crippen LogP contribution < -0.4 is 15.7 Å². The van der Waals surface area contributed by atoms with Gasteiger partial charge in [0.2, 0.25) is 0 Å². The van der Waals surface area contributed by atoms with Crippen molar-refractivity contribution in [2.45, 2.75) is 99.4 Å². The van der Waals surface area contributed by atoms with Crippen LogP contribution in [0.3, 0.4) is 0 Å². The van der Waals surface area contributed by atoms with E-state index >= 15 is 0 Å². The number of nitrogens with one attached hydrogen (secondary N) is 1. The van der Waals surface area contributed by atoms with Gasteiger partial charge in [-0.05, 0) is 0 Å². The van der Waals surface area contributed by atoms with Crippen LogP contribution in [0.1, 0.15) is 46.9 Å². The molecule has 0 spiro atoms. The molecule has 0 unspecified atom stereocenters. The van der Waals surface area contributed by atoms with Gasteiger partial charge >= 0.3 is 236 Å². The molecular weight excluding hydrogens is 584 g/mol. The zero-order valence-electron chi connectivity index (χ0n) is 24.0. The summed E-state index contributed by atoms with van der Waals surface area (Å²) in [4.78, 5) is 27.4. The molecule has 2 aromatic rings. The molecule has 206 valence electrons. The monoisotopic (exact) mass is 628 g/mol. The van der Waals surface area contributed by atoms with E-state index in [9.17, 15) is 9.59 Å². The average molecular weight is 628 g/mol. The van der Waals surface area contributed by atoms with Crippen LogP contribution in [0.4, 0.5) is 0 Å². The first-order valence-electron chi connectivity index (χ1n) is 12.9. The maximum atomic E-state index is 13.0. The van der Waals surface area contributed by atoms with Crippen molar-refractivity contribution in [3.8, 4) is 0 Å². The van der Waals surface area contributed by atoms with Crippen molar-refractivity contribution in [1.82, 2.24) is 9.55 Å². The minimum atomic E-state index is -2.13. The van der Waals surface area contributed by atoms with Crippen LogP contribution in [0, 0.1) is 0 Å². The molecule has 1 aliphatic rings. The van der Waals surface area contributed by atoms with Gasteiger partial charge in [-0.2, -0.15) is 0 Å².